The van der Waals surface area contributed by atoms with Crippen LogP contribution in [-0.4, -0.2) is 71.5 Å². The van der Waals surface area contributed by atoms with Gasteiger partial charge in [0.25, 0.3) is 0 Å². The summed E-state index contributed by atoms with van der Waals surface area (Å²) >= 11 is 0. The standard InChI is InChI=1S/C27H44O7/c1-23(2,32)9-8-21(30)26(5,33)20-7-11-27(34)17-14-19(29)18-12-15(28)13-22(31)25(18,4)16(17)6-10-24(20,27)3/h14-16,18,20-22,28,30-34H,6-13H2,1-5H3. The molecule has 0 spiro atoms. The van der Waals surface area contributed by atoms with Crippen molar-refractivity contribution in [1.29, 1.82) is 0 Å². The predicted octanol–water partition coefficient (Wildman–Crippen LogP) is 1.85. The summed E-state index contributed by atoms with van der Waals surface area (Å²) in [5, 5.41) is 66.1. The van der Waals surface area contributed by atoms with E-state index in [0.717, 1.165) is 0 Å². The molecule has 10 unspecified atom stereocenters. The fraction of sp³-hybridized carbons (Fsp3) is 0.889. The molecule has 4 aliphatic rings. The molecule has 194 valence electrons. The number of rotatable bonds is 5. The van der Waals surface area contributed by atoms with Crippen LogP contribution in [0.2, 0.25) is 0 Å². The molecule has 0 saturated heterocycles. The Kier molecular flexibility index (Phi) is 6.24. The number of allylic oxidation sites excluding steroid dienone is 1. The summed E-state index contributed by atoms with van der Waals surface area (Å²) in [5.74, 6) is -1.21. The minimum atomic E-state index is -1.47. The van der Waals surface area contributed by atoms with Crippen molar-refractivity contribution < 1.29 is 35.4 Å². The summed E-state index contributed by atoms with van der Waals surface area (Å²) in [5.41, 5.74) is -4.59. The first-order valence-electron chi connectivity index (χ1n) is 13.0. The van der Waals surface area contributed by atoms with Gasteiger partial charge >= 0.3 is 0 Å². The smallest absolute Gasteiger partial charge is 0.159 e. The maximum absolute atomic E-state index is 13.3. The van der Waals surface area contributed by atoms with Crippen LogP contribution in [0.5, 0.6) is 0 Å². The summed E-state index contributed by atoms with van der Waals surface area (Å²) in [6.07, 6.45) is 2.21. The molecule has 10 atom stereocenters. The second-order valence-corrected chi connectivity index (χ2v) is 13.1. The van der Waals surface area contributed by atoms with Crippen LogP contribution >= 0.6 is 0 Å². The Balaban J connectivity index is 1.68. The lowest BCUT2D eigenvalue weighted by Gasteiger charge is -2.61. The lowest BCUT2D eigenvalue weighted by atomic mass is 9.45. The molecule has 0 heterocycles. The number of aliphatic hydroxyl groups excluding tert-OH is 3. The summed E-state index contributed by atoms with van der Waals surface area (Å²) in [6, 6.07) is 0. The van der Waals surface area contributed by atoms with Crippen molar-refractivity contribution in [2.45, 2.75) is 121 Å². The van der Waals surface area contributed by atoms with Crippen molar-refractivity contribution in [3.63, 3.8) is 0 Å². The molecule has 0 amide bonds. The van der Waals surface area contributed by atoms with Crippen LogP contribution in [0.3, 0.4) is 0 Å². The van der Waals surface area contributed by atoms with Gasteiger partial charge in [0.1, 0.15) is 0 Å². The molecule has 0 aromatic heterocycles. The largest absolute Gasteiger partial charge is 0.393 e. The van der Waals surface area contributed by atoms with E-state index in [1.165, 1.54) is 0 Å². The van der Waals surface area contributed by atoms with Crippen molar-refractivity contribution in [2.75, 3.05) is 0 Å². The molecule has 7 heteroatoms. The highest BCUT2D eigenvalue weighted by Gasteiger charge is 2.69. The highest BCUT2D eigenvalue weighted by Crippen LogP contribution is 2.68. The number of ketones is 1. The molecule has 4 aliphatic carbocycles. The fourth-order valence-electron chi connectivity index (χ4n) is 8.32. The average molecular weight is 481 g/mol. The van der Waals surface area contributed by atoms with E-state index >= 15 is 0 Å². The van der Waals surface area contributed by atoms with Gasteiger partial charge in [0.15, 0.2) is 5.78 Å². The topological polar surface area (TPSA) is 138 Å². The Morgan fingerprint density at radius 1 is 1.06 bits per heavy atom. The Morgan fingerprint density at radius 3 is 2.32 bits per heavy atom. The fourth-order valence-corrected chi connectivity index (χ4v) is 8.32. The molecule has 4 rings (SSSR count). The van der Waals surface area contributed by atoms with E-state index in [-0.39, 0.29) is 24.5 Å². The first-order chi connectivity index (χ1) is 15.5. The van der Waals surface area contributed by atoms with Crippen LogP contribution in [0.25, 0.3) is 0 Å². The van der Waals surface area contributed by atoms with Gasteiger partial charge < -0.3 is 30.6 Å². The van der Waals surface area contributed by atoms with E-state index in [1.54, 1.807) is 26.8 Å². The molecule has 3 fully saturated rings. The highest BCUT2D eigenvalue weighted by atomic mass is 16.3. The average Bonchev–Trinajstić information content (AvgIpc) is 3.00. The van der Waals surface area contributed by atoms with E-state index < -0.39 is 57.8 Å². The van der Waals surface area contributed by atoms with Crippen LogP contribution in [0.1, 0.15) is 86.0 Å². The van der Waals surface area contributed by atoms with Gasteiger partial charge in [-0.05, 0) is 95.6 Å². The van der Waals surface area contributed by atoms with Gasteiger partial charge in [-0.15, -0.1) is 0 Å². The maximum atomic E-state index is 13.3. The zero-order valence-electron chi connectivity index (χ0n) is 21.3. The van der Waals surface area contributed by atoms with Crippen molar-refractivity contribution in [3.05, 3.63) is 11.6 Å². The van der Waals surface area contributed by atoms with Crippen LogP contribution in [0, 0.1) is 28.6 Å². The van der Waals surface area contributed by atoms with E-state index in [1.807, 2.05) is 13.8 Å². The Morgan fingerprint density at radius 2 is 1.71 bits per heavy atom. The lowest BCUT2D eigenvalue weighted by molar-refractivity contribution is -0.183. The Bertz CT molecular complexity index is 860. The molecule has 0 radical (unpaired) electrons. The van der Waals surface area contributed by atoms with E-state index in [0.29, 0.717) is 44.1 Å². The second kappa shape index (κ2) is 8.09. The van der Waals surface area contributed by atoms with Gasteiger partial charge in [-0.3, -0.25) is 4.79 Å². The van der Waals surface area contributed by atoms with Gasteiger partial charge in [0.2, 0.25) is 0 Å². The highest BCUT2D eigenvalue weighted by molar-refractivity contribution is 5.95. The number of carbonyl (C=O) groups is 1. The third kappa shape index (κ3) is 3.65. The zero-order valence-corrected chi connectivity index (χ0v) is 21.3. The number of carbonyl (C=O) groups excluding carboxylic acids is 1. The molecular formula is C27H44O7. The number of hydrogen-bond acceptors (Lipinski definition) is 7. The summed E-state index contributed by atoms with van der Waals surface area (Å²) in [6.45, 7) is 8.85. The number of fused-ring (bicyclic) bond motifs is 5. The first kappa shape index (κ1) is 26.2. The summed E-state index contributed by atoms with van der Waals surface area (Å²) in [4.78, 5) is 13.3. The van der Waals surface area contributed by atoms with Crippen molar-refractivity contribution in [2.24, 2.45) is 28.6 Å². The van der Waals surface area contributed by atoms with Crippen LogP contribution in [0.15, 0.2) is 11.6 Å². The van der Waals surface area contributed by atoms with E-state index in [2.05, 4.69) is 0 Å². The molecule has 3 saturated carbocycles. The first-order valence-corrected chi connectivity index (χ1v) is 13.0. The molecule has 0 aromatic carbocycles. The van der Waals surface area contributed by atoms with Gasteiger partial charge in [0, 0.05) is 16.7 Å². The molecule has 0 bridgehead atoms. The SMILES string of the molecule is CC(C)(O)CCC(O)C(C)(O)C1CCC2(O)C3=CC(=O)C4CC(O)CC(O)C4(C)C3CCC12C. The maximum Gasteiger partial charge on any atom is 0.159 e. The van der Waals surface area contributed by atoms with Gasteiger partial charge in [-0.1, -0.05) is 13.8 Å². The monoisotopic (exact) mass is 480 g/mol. The molecule has 6 N–H and O–H groups in total. The normalized spacial score (nSPS) is 47.2. The van der Waals surface area contributed by atoms with Crippen LogP contribution in [0.4, 0.5) is 0 Å². The lowest BCUT2D eigenvalue weighted by Crippen LogP contribution is -2.64. The molecule has 7 nitrogen and oxygen atoms in total. The van der Waals surface area contributed by atoms with Crippen LogP contribution < -0.4 is 0 Å². The van der Waals surface area contributed by atoms with Crippen molar-refractivity contribution in [1.82, 2.24) is 0 Å². The van der Waals surface area contributed by atoms with Gasteiger partial charge in [-0.25, -0.2) is 0 Å². The molecule has 0 aromatic rings. The molecule has 34 heavy (non-hydrogen) atoms. The van der Waals surface area contributed by atoms with Gasteiger partial charge in [0.05, 0.1) is 35.1 Å². The van der Waals surface area contributed by atoms with Crippen molar-refractivity contribution in [3.8, 4) is 0 Å². The minimum absolute atomic E-state index is 0.148. The van der Waals surface area contributed by atoms with Crippen molar-refractivity contribution >= 4 is 5.78 Å². The van der Waals surface area contributed by atoms with Crippen LogP contribution in [-0.2, 0) is 4.79 Å². The second-order valence-electron chi connectivity index (χ2n) is 13.1. The Hall–Kier alpha value is -0.830. The summed E-state index contributed by atoms with van der Waals surface area (Å²) < 4.78 is 0. The third-order valence-corrected chi connectivity index (χ3v) is 10.6. The predicted molar refractivity (Wildman–Crippen MR) is 127 cm³/mol. The quantitative estimate of drug-likeness (QED) is 0.353. The number of aliphatic hydroxyl groups is 6. The summed E-state index contributed by atoms with van der Waals surface area (Å²) in [7, 11) is 0. The van der Waals surface area contributed by atoms with E-state index in [4.69, 9.17) is 0 Å². The van der Waals surface area contributed by atoms with Gasteiger partial charge in [-0.2, -0.15) is 0 Å². The third-order valence-electron chi connectivity index (χ3n) is 10.6. The molecule has 0 aliphatic heterocycles. The Labute approximate surface area is 202 Å². The van der Waals surface area contributed by atoms with E-state index in [9.17, 15) is 35.4 Å². The zero-order chi connectivity index (χ0) is 25.5. The minimum Gasteiger partial charge on any atom is -0.393 e. The number of hydrogen-bond donors (Lipinski definition) is 6. The molecular weight excluding hydrogens is 436 g/mol.